The molecule has 0 unspecified atom stereocenters. The van der Waals surface area contributed by atoms with Crippen LogP contribution >= 0.6 is 11.3 Å². The van der Waals surface area contributed by atoms with Gasteiger partial charge in [-0.3, -0.25) is 0 Å². The summed E-state index contributed by atoms with van der Waals surface area (Å²) in [6.45, 7) is 0. The van der Waals surface area contributed by atoms with Gasteiger partial charge in [0.25, 0.3) is 0 Å². The van der Waals surface area contributed by atoms with Gasteiger partial charge in [-0.15, -0.1) is 11.3 Å². The third-order valence-electron chi connectivity index (χ3n) is 2.18. The van der Waals surface area contributed by atoms with E-state index in [1.807, 2.05) is 12.1 Å². The summed E-state index contributed by atoms with van der Waals surface area (Å²) in [5, 5.41) is 0.745. The minimum Gasteiger partial charge on any atom is -0.391 e. The van der Waals surface area contributed by atoms with E-state index in [0.29, 0.717) is 22.8 Å². The maximum Gasteiger partial charge on any atom is 0.183 e. The molecule has 6 nitrogen and oxygen atoms in total. The van der Waals surface area contributed by atoms with E-state index in [0.717, 1.165) is 9.88 Å². The van der Waals surface area contributed by atoms with Crippen molar-refractivity contribution in [2.45, 2.75) is 0 Å². The Balaban J connectivity index is 2.22. The molecule has 3 rings (SSSR count). The van der Waals surface area contributed by atoms with Gasteiger partial charge in [0.1, 0.15) is 11.8 Å². The van der Waals surface area contributed by atoms with Gasteiger partial charge in [-0.2, -0.15) is 0 Å². The van der Waals surface area contributed by atoms with Gasteiger partial charge in [0, 0.05) is 0 Å². The molecule has 3 heterocycles. The normalized spacial score (nSPS) is 11.0. The van der Waals surface area contributed by atoms with E-state index in [1.54, 1.807) is 0 Å². The van der Waals surface area contributed by atoms with Crippen molar-refractivity contribution in [2.24, 2.45) is 0 Å². The first-order valence-electron chi connectivity index (χ1n) is 4.56. The van der Waals surface area contributed by atoms with Crippen LogP contribution in [0, 0.1) is 0 Å². The van der Waals surface area contributed by atoms with Gasteiger partial charge in [0.2, 0.25) is 0 Å². The zero-order valence-electron chi connectivity index (χ0n) is 8.14. The van der Waals surface area contributed by atoms with E-state index in [-0.39, 0.29) is 0 Å². The van der Waals surface area contributed by atoms with Crippen LogP contribution in [0.4, 0.5) is 10.8 Å². The number of imidazole rings is 1. The number of fused-ring (bicyclic) bond motifs is 1. The summed E-state index contributed by atoms with van der Waals surface area (Å²) in [4.78, 5) is 16.3. The fraction of sp³-hybridized carbons (Fsp3) is 0. The van der Waals surface area contributed by atoms with E-state index in [4.69, 9.17) is 11.5 Å². The van der Waals surface area contributed by atoms with Crippen molar-refractivity contribution >= 4 is 33.3 Å². The molecule has 16 heavy (non-hydrogen) atoms. The molecule has 0 aliphatic heterocycles. The number of nitrogen functional groups attached to an aromatic ring is 2. The van der Waals surface area contributed by atoms with Gasteiger partial charge in [0.05, 0.1) is 9.88 Å². The van der Waals surface area contributed by atoms with Gasteiger partial charge in [-0.05, 0) is 12.1 Å². The molecule has 5 N–H and O–H groups in total. The molecule has 0 atom stereocenters. The van der Waals surface area contributed by atoms with Crippen LogP contribution in [-0.2, 0) is 0 Å². The van der Waals surface area contributed by atoms with E-state index < -0.39 is 0 Å². The second-order valence-electron chi connectivity index (χ2n) is 3.24. The van der Waals surface area contributed by atoms with Crippen LogP contribution in [0.25, 0.3) is 21.9 Å². The van der Waals surface area contributed by atoms with Crippen molar-refractivity contribution in [3.8, 4) is 10.7 Å². The summed E-state index contributed by atoms with van der Waals surface area (Å²) in [5.74, 6) is 1.11. The summed E-state index contributed by atoms with van der Waals surface area (Å²) < 4.78 is 0. The van der Waals surface area contributed by atoms with Crippen molar-refractivity contribution < 1.29 is 0 Å². The first kappa shape index (κ1) is 9.10. The Hall–Kier alpha value is -2.15. The Morgan fingerprint density at radius 3 is 2.75 bits per heavy atom. The molecule has 80 valence electrons. The summed E-state index contributed by atoms with van der Waals surface area (Å²) in [6, 6.07) is 3.74. The predicted octanol–water partition coefficient (Wildman–Crippen LogP) is 1.25. The number of hydrogen-bond acceptors (Lipinski definition) is 6. The summed E-state index contributed by atoms with van der Waals surface area (Å²) in [6.07, 6.45) is 1.39. The monoisotopic (exact) mass is 232 g/mol. The quantitative estimate of drug-likeness (QED) is 0.585. The van der Waals surface area contributed by atoms with Gasteiger partial charge in [0.15, 0.2) is 17.3 Å². The maximum atomic E-state index is 5.71. The first-order chi connectivity index (χ1) is 7.74. The van der Waals surface area contributed by atoms with Crippen LogP contribution in [0.3, 0.4) is 0 Å². The molecular formula is C9H8N6S. The molecule has 0 bridgehead atoms. The Labute approximate surface area is 94.4 Å². The fourth-order valence-corrected chi connectivity index (χ4v) is 2.16. The average molecular weight is 232 g/mol. The molecule has 0 spiro atoms. The van der Waals surface area contributed by atoms with Crippen molar-refractivity contribution in [3.05, 3.63) is 18.5 Å². The van der Waals surface area contributed by atoms with Gasteiger partial charge in [-0.25, -0.2) is 15.0 Å². The Morgan fingerprint density at radius 1 is 1.19 bits per heavy atom. The van der Waals surface area contributed by atoms with E-state index in [9.17, 15) is 0 Å². The largest absolute Gasteiger partial charge is 0.391 e. The molecule has 0 radical (unpaired) electrons. The summed E-state index contributed by atoms with van der Waals surface area (Å²) in [5.41, 5.74) is 12.6. The second-order valence-corrected chi connectivity index (χ2v) is 4.36. The zero-order valence-corrected chi connectivity index (χ0v) is 8.95. The van der Waals surface area contributed by atoms with Crippen LogP contribution in [0.1, 0.15) is 0 Å². The minimum absolute atomic E-state index is 0.397. The van der Waals surface area contributed by atoms with E-state index in [2.05, 4.69) is 19.9 Å². The molecule has 0 aliphatic rings. The molecule has 0 saturated heterocycles. The van der Waals surface area contributed by atoms with Gasteiger partial charge < -0.3 is 16.5 Å². The van der Waals surface area contributed by atoms with E-state index in [1.165, 1.54) is 17.7 Å². The number of nitrogens with one attached hydrogen (secondary N) is 1. The molecule has 3 aromatic heterocycles. The van der Waals surface area contributed by atoms with Crippen molar-refractivity contribution in [1.29, 1.82) is 0 Å². The topological polar surface area (TPSA) is 106 Å². The van der Waals surface area contributed by atoms with Gasteiger partial charge in [-0.1, -0.05) is 0 Å². The van der Waals surface area contributed by atoms with Crippen LogP contribution in [0.2, 0.25) is 0 Å². The van der Waals surface area contributed by atoms with Crippen LogP contribution in [0.15, 0.2) is 18.5 Å². The third-order valence-corrected chi connectivity index (χ3v) is 3.10. The zero-order chi connectivity index (χ0) is 11.1. The first-order valence-corrected chi connectivity index (χ1v) is 5.37. The molecule has 7 heteroatoms. The molecule has 0 saturated carbocycles. The highest BCUT2D eigenvalue weighted by atomic mass is 32.1. The van der Waals surface area contributed by atoms with Crippen molar-refractivity contribution in [1.82, 2.24) is 19.9 Å². The summed E-state index contributed by atoms with van der Waals surface area (Å²) >= 11 is 1.46. The van der Waals surface area contributed by atoms with Gasteiger partial charge >= 0.3 is 0 Å². The third kappa shape index (κ3) is 1.29. The maximum absolute atomic E-state index is 5.71. The Kier molecular flexibility index (Phi) is 1.80. The van der Waals surface area contributed by atoms with Crippen LogP contribution < -0.4 is 11.5 Å². The number of hydrogen-bond donors (Lipinski definition) is 3. The van der Waals surface area contributed by atoms with Crippen molar-refractivity contribution in [2.75, 3.05) is 11.5 Å². The molecule has 0 amide bonds. The SMILES string of the molecule is Nc1ccc(-c2nc3ncnc(N)c3[nH]2)s1. The number of anilines is 2. The molecule has 3 aromatic rings. The number of aromatic nitrogens is 4. The highest BCUT2D eigenvalue weighted by Crippen LogP contribution is 2.29. The second kappa shape index (κ2) is 3.17. The van der Waals surface area contributed by atoms with E-state index >= 15 is 0 Å². The molecular weight excluding hydrogens is 224 g/mol. The summed E-state index contributed by atoms with van der Waals surface area (Å²) in [7, 11) is 0. The Bertz CT molecular complexity index is 655. The number of nitrogens with two attached hydrogens (primary N) is 2. The lowest BCUT2D eigenvalue weighted by molar-refractivity contribution is 1.21. The highest BCUT2D eigenvalue weighted by Gasteiger charge is 2.10. The van der Waals surface area contributed by atoms with Crippen molar-refractivity contribution in [3.63, 3.8) is 0 Å². The number of nitrogens with zero attached hydrogens (tertiary/aromatic N) is 3. The highest BCUT2D eigenvalue weighted by molar-refractivity contribution is 7.19. The Morgan fingerprint density at radius 2 is 2.06 bits per heavy atom. The molecule has 0 aromatic carbocycles. The van der Waals surface area contributed by atoms with Crippen LogP contribution in [-0.4, -0.2) is 19.9 Å². The average Bonchev–Trinajstić information content (AvgIpc) is 2.84. The lowest BCUT2D eigenvalue weighted by atomic mass is 10.4. The minimum atomic E-state index is 0.397. The van der Waals surface area contributed by atoms with Crippen LogP contribution in [0.5, 0.6) is 0 Å². The standard InChI is InChI=1S/C9H8N6S/c10-5-2-1-4(16-5)8-14-6-7(11)12-3-13-9(6)15-8/h1-3H,10H2,(H3,11,12,13,14,15). The fourth-order valence-electron chi connectivity index (χ4n) is 1.44. The number of aromatic amines is 1. The lowest BCUT2D eigenvalue weighted by Crippen LogP contribution is -1.91. The number of rotatable bonds is 1. The molecule has 0 fully saturated rings. The smallest absolute Gasteiger partial charge is 0.183 e. The predicted molar refractivity (Wildman–Crippen MR) is 63.8 cm³/mol. The number of thiophene rings is 1. The lowest BCUT2D eigenvalue weighted by Gasteiger charge is -1.90. The number of H-pyrrole nitrogens is 1. The molecule has 0 aliphatic carbocycles.